The third-order valence-corrected chi connectivity index (χ3v) is 3.26. The van der Waals surface area contributed by atoms with Gasteiger partial charge in [0.05, 0.1) is 13.5 Å². The predicted molar refractivity (Wildman–Crippen MR) is 77.4 cm³/mol. The molecule has 0 aliphatic rings. The summed E-state index contributed by atoms with van der Waals surface area (Å²) in [7, 11) is 1.60. The van der Waals surface area contributed by atoms with E-state index in [0.29, 0.717) is 5.56 Å². The van der Waals surface area contributed by atoms with Crippen LogP contribution in [0.1, 0.15) is 48.2 Å². The zero-order chi connectivity index (χ0) is 15.5. The number of carbonyl (C=O) groups excluding carboxylic acids is 1. The summed E-state index contributed by atoms with van der Waals surface area (Å²) in [6.07, 6.45) is 0.192. The van der Waals surface area contributed by atoms with Crippen molar-refractivity contribution in [2.45, 2.75) is 40.5 Å². The van der Waals surface area contributed by atoms with Crippen LogP contribution in [0.25, 0.3) is 0 Å². The lowest BCUT2D eigenvalue weighted by Crippen LogP contribution is -2.21. The van der Waals surface area contributed by atoms with Crippen molar-refractivity contribution in [2.75, 3.05) is 7.11 Å². The van der Waals surface area contributed by atoms with Gasteiger partial charge in [-0.2, -0.15) is 0 Å². The molecule has 0 spiro atoms. The Kier molecular flexibility index (Phi) is 4.93. The number of carbonyl (C=O) groups is 2. The van der Waals surface area contributed by atoms with E-state index in [-0.39, 0.29) is 18.6 Å². The summed E-state index contributed by atoms with van der Waals surface area (Å²) in [5.74, 6) is -0.138. The first kappa shape index (κ1) is 16.2. The highest BCUT2D eigenvalue weighted by atomic mass is 16.5. The lowest BCUT2D eigenvalue weighted by molar-refractivity contribution is -0.139. The quantitative estimate of drug-likeness (QED) is 0.810. The normalized spacial score (nSPS) is 11.2. The maximum absolute atomic E-state index is 12.3. The van der Waals surface area contributed by atoms with Crippen LogP contribution < -0.4 is 4.74 Å². The predicted octanol–water partition coefficient (Wildman–Crippen LogP) is 3.39. The molecule has 20 heavy (non-hydrogen) atoms. The van der Waals surface area contributed by atoms with Crippen molar-refractivity contribution >= 4 is 11.8 Å². The third kappa shape index (κ3) is 4.08. The minimum absolute atomic E-state index is 0.0210. The fraction of sp³-hybridized carbons (Fsp3) is 0.500. The van der Waals surface area contributed by atoms with Gasteiger partial charge < -0.3 is 9.84 Å². The first-order valence-corrected chi connectivity index (χ1v) is 6.56. The van der Waals surface area contributed by atoms with E-state index in [2.05, 4.69) is 0 Å². The van der Waals surface area contributed by atoms with Gasteiger partial charge in [-0.3, -0.25) is 9.59 Å². The second-order valence-electron chi connectivity index (χ2n) is 5.98. The van der Waals surface area contributed by atoms with Crippen LogP contribution in [0.3, 0.4) is 0 Å². The molecule has 0 bridgehead atoms. The monoisotopic (exact) mass is 278 g/mol. The molecule has 1 rings (SSSR count). The van der Waals surface area contributed by atoms with Gasteiger partial charge >= 0.3 is 5.97 Å². The van der Waals surface area contributed by atoms with E-state index < -0.39 is 11.4 Å². The van der Waals surface area contributed by atoms with E-state index in [9.17, 15) is 9.59 Å². The minimum atomic E-state index is -0.884. The van der Waals surface area contributed by atoms with Gasteiger partial charge in [-0.25, -0.2) is 0 Å². The number of ketones is 1. The number of aryl methyl sites for hydroxylation is 2. The Balaban J connectivity index is 2.96. The molecule has 0 heterocycles. The second kappa shape index (κ2) is 6.07. The Labute approximate surface area is 119 Å². The maximum Gasteiger partial charge on any atom is 0.303 e. The highest BCUT2D eigenvalue weighted by Gasteiger charge is 2.26. The van der Waals surface area contributed by atoms with E-state index in [0.717, 1.165) is 16.9 Å². The highest BCUT2D eigenvalue weighted by Crippen LogP contribution is 2.29. The Hall–Kier alpha value is -1.84. The summed E-state index contributed by atoms with van der Waals surface area (Å²) < 4.78 is 5.28. The molecule has 4 nitrogen and oxygen atoms in total. The smallest absolute Gasteiger partial charge is 0.303 e. The number of benzene rings is 1. The van der Waals surface area contributed by atoms with E-state index in [1.807, 2.05) is 13.8 Å². The molecule has 0 aromatic heterocycles. The Morgan fingerprint density at radius 1 is 1.15 bits per heavy atom. The molecule has 110 valence electrons. The average molecular weight is 278 g/mol. The number of hydrogen-bond acceptors (Lipinski definition) is 3. The average Bonchev–Trinajstić information content (AvgIpc) is 2.25. The van der Waals surface area contributed by atoms with Gasteiger partial charge in [-0.15, -0.1) is 0 Å². The summed E-state index contributed by atoms with van der Waals surface area (Å²) in [5, 5.41) is 8.86. The van der Waals surface area contributed by atoms with Crippen molar-refractivity contribution in [1.82, 2.24) is 0 Å². The van der Waals surface area contributed by atoms with Gasteiger partial charge in [0, 0.05) is 12.0 Å². The number of methoxy groups -OCH3 is 1. The van der Waals surface area contributed by atoms with Crippen molar-refractivity contribution in [3.63, 3.8) is 0 Å². The zero-order valence-electron chi connectivity index (χ0n) is 12.7. The third-order valence-electron chi connectivity index (χ3n) is 3.26. The number of rotatable bonds is 6. The molecule has 1 N–H and O–H groups in total. The van der Waals surface area contributed by atoms with E-state index in [1.165, 1.54) is 0 Å². The van der Waals surface area contributed by atoms with Crippen molar-refractivity contribution in [1.29, 1.82) is 0 Å². The van der Waals surface area contributed by atoms with Gasteiger partial charge in [0.25, 0.3) is 0 Å². The number of carboxylic acids is 1. The van der Waals surface area contributed by atoms with Crippen molar-refractivity contribution in [3.05, 3.63) is 28.8 Å². The first-order chi connectivity index (χ1) is 9.16. The molecule has 0 saturated carbocycles. The molecule has 4 heteroatoms. The summed E-state index contributed by atoms with van der Waals surface area (Å²) in [6, 6.07) is 3.59. The van der Waals surface area contributed by atoms with Gasteiger partial charge in [0.2, 0.25) is 0 Å². The lowest BCUT2D eigenvalue weighted by atomic mass is 9.82. The first-order valence-electron chi connectivity index (χ1n) is 6.56. The number of aliphatic carboxylic acids is 1. The second-order valence-corrected chi connectivity index (χ2v) is 5.98. The highest BCUT2D eigenvalue weighted by molar-refractivity contribution is 5.97. The van der Waals surface area contributed by atoms with Gasteiger partial charge in [0.1, 0.15) is 5.75 Å². The van der Waals surface area contributed by atoms with Crippen LogP contribution in [-0.4, -0.2) is 24.0 Å². The van der Waals surface area contributed by atoms with E-state index in [1.54, 1.807) is 33.1 Å². The SMILES string of the molecule is COc1c(C)cc(C(=O)CC(C)(C)CC(=O)O)cc1C. The van der Waals surface area contributed by atoms with Gasteiger partial charge in [-0.05, 0) is 42.5 Å². The molecule has 0 amide bonds. The fourth-order valence-corrected chi connectivity index (χ4v) is 2.44. The van der Waals surface area contributed by atoms with Crippen LogP contribution in [0, 0.1) is 19.3 Å². The Morgan fingerprint density at radius 3 is 2.05 bits per heavy atom. The molecule has 0 aliphatic heterocycles. The molecular weight excluding hydrogens is 256 g/mol. The van der Waals surface area contributed by atoms with Crippen molar-refractivity contribution in [2.24, 2.45) is 5.41 Å². The van der Waals surface area contributed by atoms with Gasteiger partial charge in [-0.1, -0.05) is 13.8 Å². The molecule has 0 unspecified atom stereocenters. The molecule has 0 saturated heterocycles. The summed E-state index contributed by atoms with van der Waals surface area (Å²) in [6.45, 7) is 7.38. The van der Waals surface area contributed by atoms with Crippen LogP contribution >= 0.6 is 0 Å². The van der Waals surface area contributed by atoms with E-state index >= 15 is 0 Å². The van der Waals surface area contributed by atoms with Crippen molar-refractivity contribution in [3.8, 4) is 5.75 Å². The summed E-state index contributed by atoms with van der Waals surface area (Å²) in [5.41, 5.74) is 1.88. The largest absolute Gasteiger partial charge is 0.496 e. The van der Waals surface area contributed by atoms with Gasteiger partial charge in [0.15, 0.2) is 5.78 Å². The molecule has 1 aromatic carbocycles. The van der Waals surface area contributed by atoms with Crippen LogP contribution in [0.15, 0.2) is 12.1 Å². The number of hydrogen-bond donors (Lipinski definition) is 1. The number of ether oxygens (including phenoxy) is 1. The topological polar surface area (TPSA) is 63.6 Å². The minimum Gasteiger partial charge on any atom is -0.496 e. The molecule has 1 aromatic rings. The maximum atomic E-state index is 12.3. The van der Waals surface area contributed by atoms with Crippen LogP contribution in [0.2, 0.25) is 0 Å². The molecule has 0 atom stereocenters. The van der Waals surface area contributed by atoms with Crippen LogP contribution in [-0.2, 0) is 4.79 Å². The Bertz CT molecular complexity index is 506. The van der Waals surface area contributed by atoms with Crippen LogP contribution in [0.4, 0.5) is 0 Å². The number of Topliss-reactive ketones (excluding diaryl/α,β-unsaturated/α-hetero) is 1. The molecular formula is C16H22O4. The molecule has 0 aliphatic carbocycles. The van der Waals surface area contributed by atoms with Crippen molar-refractivity contribution < 1.29 is 19.4 Å². The fourth-order valence-electron chi connectivity index (χ4n) is 2.44. The molecule has 0 fully saturated rings. The number of carboxylic acid groups (broad SMARTS) is 1. The summed E-state index contributed by atoms with van der Waals surface area (Å²) >= 11 is 0. The van der Waals surface area contributed by atoms with E-state index in [4.69, 9.17) is 9.84 Å². The lowest BCUT2D eigenvalue weighted by Gasteiger charge is -2.21. The van der Waals surface area contributed by atoms with Crippen LogP contribution in [0.5, 0.6) is 5.75 Å². The Morgan fingerprint density at radius 2 is 1.65 bits per heavy atom. The molecule has 0 radical (unpaired) electrons. The summed E-state index contributed by atoms with van der Waals surface area (Å²) in [4.78, 5) is 23.1. The zero-order valence-corrected chi connectivity index (χ0v) is 12.7. The standard InChI is InChI=1S/C16H22O4/c1-10-6-12(7-11(2)15(10)20-5)13(17)8-16(3,4)9-14(18)19/h6-7H,8-9H2,1-5H3,(H,18,19).